The molecule has 34 heavy (non-hydrogen) atoms. The van der Waals surface area contributed by atoms with E-state index >= 15 is 0 Å². The Bertz CT molecular complexity index is 677. The van der Waals surface area contributed by atoms with Gasteiger partial charge in [-0.25, -0.2) is 4.79 Å². The molecule has 0 aliphatic rings. The molecule has 0 heterocycles. The van der Waals surface area contributed by atoms with Crippen LogP contribution in [-0.2, 0) is 25.7 Å². The largest absolute Gasteiger partial charge is 0.481 e. The van der Waals surface area contributed by atoms with Gasteiger partial charge in [0.2, 0.25) is 5.91 Å². The summed E-state index contributed by atoms with van der Waals surface area (Å²) >= 11 is 0. The molecule has 192 valence electrons. The monoisotopic (exact) mass is 485 g/mol. The number of carboxylic acid groups (broad SMARTS) is 1. The quantitative estimate of drug-likeness (QED) is 0.152. The van der Waals surface area contributed by atoms with E-state index < -0.39 is 18.0 Å². The highest BCUT2D eigenvalue weighted by Crippen LogP contribution is 2.13. The predicted molar refractivity (Wildman–Crippen MR) is 135 cm³/mol. The standard InChI is InChI=1S/C28H45NO5/c1-2-3-4-5-6-7-8-9-10-11-12-13-17-20-26(30)29-25(21-22-27(31)32)28(33)34-23-24-18-15-14-16-19-24/h14-16,18-19,25H,2-13,17,20-23H2,1H3,(H,29,30)(H,31,32)/i21+2,22+2,25+2,27+2,28+2. The number of carboxylic acids is 1. The van der Waals surface area contributed by atoms with Gasteiger partial charge < -0.3 is 15.2 Å². The van der Waals surface area contributed by atoms with E-state index in [-0.39, 0.29) is 25.4 Å². The number of amides is 1. The molecule has 0 radical (unpaired) electrons. The average Bonchev–Trinajstić information content (AvgIpc) is 2.83. The summed E-state index contributed by atoms with van der Waals surface area (Å²) < 4.78 is 5.30. The molecule has 0 aliphatic heterocycles. The number of hydrogen-bond acceptors (Lipinski definition) is 4. The van der Waals surface area contributed by atoms with Crippen LogP contribution >= 0.6 is 0 Å². The summed E-state index contributed by atoms with van der Waals surface area (Å²) in [4.78, 5) is 35.7. The number of esters is 1. The number of carbonyl (C=O) groups is 3. The number of unbranched alkanes of at least 4 members (excludes halogenated alkanes) is 12. The molecule has 0 aromatic heterocycles. The number of hydrogen-bond donors (Lipinski definition) is 2. The van der Waals surface area contributed by atoms with Crippen LogP contribution in [0.4, 0.5) is 0 Å². The van der Waals surface area contributed by atoms with Crippen LogP contribution < -0.4 is 5.32 Å². The maximum absolute atomic E-state index is 12.4. The summed E-state index contributed by atoms with van der Waals surface area (Å²) in [6.07, 6.45) is 16.2. The van der Waals surface area contributed by atoms with Crippen LogP contribution in [0.25, 0.3) is 0 Å². The Kier molecular flexibility index (Phi) is 17.5. The van der Waals surface area contributed by atoms with Gasteiger partial charge in [0.25, 0.3) is 0 Å². The smallest absolute Gasteiger partial charge is 0.328 e. The first-order chi connectivity index (χ1) is 16.5. The fraction of sp³-hybridized carbons (Fsp3) is 0.679. The van der Waals surface area contributed by atoms with Crippen molar-refractivity contribution in [1.82, 2.24) is 5.32 Å². The molecular weight excluding hydrogens is 440 g/mol. The first-order valence-corrected chi connectivity index (χ1v) is 13.2. The van der Waals surface area contributed by atoms with Gasteiger partial charge in [0.05, 0.1) is 0 Å². The molecule has 1 atom stereocenters. The van der Waals surface area contributed by atoms with Crippen LogP contribution in [0, 0.1) is 0 Å². The van der Waals surface area contributed by atoms with Gasteiger partial charge in [-0.15, -0.1) is 0 Å². The Morgan fingerprint density at radius 1 is 0.912 bits per heavy atom. The lowest BCUT2D eigenvalue weighted by atomic mass is 10.0. The molecule has 1 amide bonds. The maximum atomic E-state index is 12.4. The van der Waals surface area contributed by atoms with Gasteiger partial charge in [0, 0.05) is 12.8 Å². The summed E-state index contributed by atoms with van der Waals surface area (Å²) in [5.74, 6) is -1.83. The molecular formula is C28H45NO5. The second-order valence-corrected chi connectivity index (χ2v) is 9.14. The average molecular weight is 486 g/mol. The molecule has 0 aliphatic carbocycles. The summed E-state index contributed by atoms with van der Waals surface area (Å²) in [6.45, 7) is 2.34. The zero-order chi connectivity index (χ0) is 24.9. The van der Waals surface area contributed by atoms with Gasteiger partial charge in [0.15, 0.2) is 0 Å². The molecule has 0 saturated carbocycles. The Morgan fingerprint density at radius 3 is 1.97 bits per heavy atom. The minimum atomic E-state index is -1.01. The number of carbonyl (C=O) groups excluding carboxylic acids is 2. The van der Waals surface area contributed by atoms with E-state index in [2.05, 4.69) is 12.2 Å². The zero-order valence-electron chi connectivity index (χ0n) is 21.1. The maximum Gasteiger partial charge on any atom is 0.328 e. The molecule has 6 heteroatoms. The van der Waals surface area contributed by atoms with E-state index in [9.17, 15) is 14.4 Å². The van der Waals surface area contributed by atoms with Crippen LogP contribution in [0.3, 0.4) is 0 Å². The van der Waals surface area contributed by atoms with Crippen molar-refractivity contribution in [3.63, 3.8) is 0 Å². The summed E-state index contributed by atoms with van der Waals surface area (Å²) in [5.41, 5.74) is 0.839. The van der Waals surface area contributed by atoms with Gasteiger partial charge >= 0.3 is 11.9 Å². The van der Waals surface area contributed by atoms with Crippen molar-refractivity contribution in [3.05, 3.63) is 35.9 Å². The van der Waals surface area contributed by atoms with Crippen molar-refractivity contribution in [1.29, 1.82) is 0 Å². The number of nitrogens with one attached hydrogen (secondary N) is 1. The Morgan fingerprint density at radius 2 is 1.44 bits per heavy atom. The second kappa shape index (κ2) is 20.0. The van der Waals surface area contributed by atoms with Crippen LogP contribution in [0.1, 0.15) is 115 Å². The van der Waals surface area contributed by atoms with E-state index in [1.807, 2.05) is 30.3 Å². The van der Waals surface area contributed by atoms with Crippen molar-refractivity contribution in [2.75, 3.05) is 0 Å². The van der Waals surface area contributed by atoms with Gasteiger partial charge in [-0.3, -0.25) is 9.59 Å². The van der Waals surface area contributed by atoms with Gasteiger partial charge in [0.1, 0.15) is 12.6 Å². The molecule has 0 bridgehead atoms. The van der Waals surface area contributed by atoms with E-state index in [1.54, 1.807) is 0 Å². The van der Waals surface area contributed by atoms with Crippen LogP contribution in [0.2, 0.25) is 0 Å². The third kappa shape index (κ3) is 16.3. The summed E-state index contributed by atoms with van der Waals surface area (Å²) in [7, 11) is 0. The molecule has 0 saturated heterocycles. The van der Waals surface area contributed by atoms with Crippen molar-refractivity contribution < 1.29 is 24.2 Å². The highest BCUT2D eigenvalue weighted by Gasteiger charge is 2.23. The van der Waals surface area contributed by atoms with Crippen molar-refractivity contribution in [2.45, 2.75) is 122 Å². The second-order valence-electron chi connectivity index (χ2n) is 9.14. The lowest BCUT2D eigenvalue weighted by molar-refractivity contribution is -0.149. The molecule has 0 spiro atoms. The minimum absolute atomic E-state index is 0.0211. The Balaban J connectivity index is 2.16. The van der Waals surface area contributed by atoms with Crippen LogP contribution in [0.15, 0.2) is 30.3 Å². The molecule has 6 nitrogen and oxygen atoms in total. The highest BCUT2D eigenvalue weighted by molar-refractivity contribution is 5.84. The Hall–Kier alpha value is -2.37. The van der Waals surface area contributed by atoms with E-state index in [0.29, 0.717) is 6.42 Å². The van der Waals surface area contributed by atoms with Gasteiger partial charge in [-0.1, -0.05) is 114 Å². The van der Waals surface area contributed by atoms with Crippen molar-refractivity contribution in [3.8, 4) is 0 Å². The molecule has 1 rings (SSSR count). The van der Waals surface area contributed by atoms with Crippen LogP contribution in [0.5, 0.6) is 0 Å². The van der Waals surface area contributed by atoms with Gasteiger partial charge in [-0.2, -0.15) is 0 Å². The first-order valence-electron chi connectivity index (χ1n) is 13.2. The molecule has 2 N–H and O–H groups in total. The summed E-state index contributed by atoms with van der Waals surface area (Å²) in [5, 5.41) is 11.6. The van der Waals surface area contributed by atoms with Crippen molar-refractivity contribution >= 4 is 17.8 Å². The van der Waals surface area contributed by atoms with E-state index in [0.717, 1.165) is 24.8 Å². The predicted octanol–water partition coefficient (Wildman–Crippen LogP) is 6.56. The topological polar surface area (TPSA) is 92.7 Å². The molecule has 1 unspecified atom stereocenters. The number of aliphatic carboxylic acids is 1. The molecule has 0 fully saturated rings. The SMILES string of the molecule is CCCCCCCCCCCCCCCC(=O)N[14CH]([14CH2][14CH2][14C](=O)O)[14C](=O)OCc1ccccc1. The third-order valence-corrected chi connectivity index (χ3v) is 6.00. The van der Waals surface area contributed by atoms with E-state index in [1.165, 1.54) is 64.2 Å². The first kappa shape index (κ1) is 29.7. The lowest BCUT2D eigenvalue weighted by Gasteiger charge is -2.17. The fourth-order valence-corrected chi connectivity index (χ4v) is 3.92. The normalized spacial score (nSPS) is 11.7. The fourth-order valence-electron chi connectivity index (χ4n) is 3.92. The third-order valence-electron chi connectivity index (χ3n) is 6.00. The number of benzene rings is 1. The minimum Gasteiger partial charge on any atom is -0.481 e. The summed E-state index contributed by atoms with van der Waals surface area (Å²) in [6, 6.07) is 8.32. The van der Waals surface area contributed by atoms with E-state index in [4.69, 9.17) is 9.84 Å². The number of rotatable bonds is 21. The van der Waals surface area contributed by atoms with Crippen molar-refractivity contribution in [2.24, 2.45) is 0 Å². The number of ether oxygens (including phenoxy) is 1. The Labute approximate surface area is 205 Å². The molecule has 1 aromatic rings. The van der Waals surface area contributed by atoms with Gasteiger partial charge in [-0.05, 0) is 18.4 Å². The van der Waals surface area contributed by atoms with Crippen LogP contribution in [-0.4, -0.2) is 29.0 Å². The molecule has 1 aromatic carbocycles. The zero-order valence-corrected chi connectivity index (χ0v) is 21.1. The highest BCUT2D eigenvalue weighted by atomic mass is 16.8. The lowest BCUT2D eigenvalue weighted by Crippen LogP contribution is -2.42.